The maximum atomic E-state index is 12.9. The molecule has 0 amide bonds. The molecule has 2 aromatic rings. The largest absolute Gasteiger partial charge is 0.480 e. The first-order valence-corrected chi connectivity index (χ1v) is 9.31. The van der Waals surface area contributed by atoms with Gasteiger partial charge in [-0.3, -0.25) is 4.68 Å². The Morgan fingerprint density at radius 1 is 1.20 bits per heavy atom. The van der Waals surface area contributed by atoms with E-state index in [0.717, 1.165) is 0 Å². The summed E-state index contributed by atoms with van der Waals surface area (Å²) in [4.78, 5) is 0.278. The van der Waals surface area contributed by atoms with Crippen LogP contribution in [0.25, 0.3) is 0 Å². The Balaban J connectivity index is 1.73. The van der Waals surface area contributed by atoms with Crippen molar-refractivity contribution >= 4 is 10.0 Å². The SMILES string of the molecule is COc1ccc(OC2CCN(S(=O)(=O)c3c(C)nn(C)c3C)C2)nn1. The molecule has 1 atom stereocenters. The lowest BCUT2D eigenvalue weighted by Gasteiger charge is -2.17. The maximum absolute atomic E-state index is 12.9. The monoisotopic (exact) mass is 367 g/mol. The zero-order valence-corrected chi connectivity index (χ0v) is 15.4. The summed E-state index contributed by atoms with van der Waals surface area (Å²) in [5, 5.41) is 12.0. The Morgan fingerprint density at radius 2 is 1.88 bits per heavy atom. The molecule has 2 aromatic heterocycles. The van der Waals surface area contributed by atoms with Crippen LogP contribution in [0.1, 0.15) is 17.8 Å². The molecule has 3 rings (SSSR count). The molecule has 1 fully saturated rings. The fourth-order valence-electron chi connectivity index (χ4n) is 2.92. The molecule has 0 spiro atoms. The minimum absolute atomic E-state index is 0.268. The summed E-state index contributed by atoms with van der Waals surface area (Å²) in [5.41, 5.74) is 1.13. The van der Waals surface area contributed by atoms with E-state index in [9.17, 15) is 8.42 Å². The first-order chi connectivity index (χ1) is 11.8. The fraction of sp³-hybridized carbons (Fsp3) is 0.533. The van der Waals surface area contributed by atoms with Gasteiger partial charge in [0.05, 0.1) is 25.0 Å². The van der Waals surface area contributed by atoms with Crippen LogP contribution in [0.15, 0.2) is 17.0 Å². The summed E-state index contributed by atoms with van der Waals surface area (Å²) in [6.45, 7) is 4.12. The van der Waals surface area contributed by atoms with Gasteiger partial charge in [0.2, 0.25) is 21.8 Å². The van der Waals surface area contributed by atoms with Crippen LogP contribution in [-0.2, 0) is 17.1 Å². The summed E-state index contributed by atoms with van der Waals surface area (Å²) in [6.07, 6.45) is 0.320. The number of aryl methyl sites for hydroxylation is 2. The van der Waals surface area contributed by atoms with Gasteiger partial charge in [-0.05, 0) is 20.3 Å². The predicted molar refractivity (Wildman–Crippen MR) is 89.1 cm³/mol. The van der Waals surface area contributed by atoms with Crippen LogP contribution in [0.3, 0.4) is 0 Å². The topological polar surface area (TPSA) is 99.4 Å². The molecule has 25 heavy (non-hydrogen) atoms. The number of methoxy groups -OCH3 is 1. The van der Waals surface area contributed by atoms with E-state index in [1.807, 2.05) is 0 Å². The molecule has 0 saturated carbocycles. The van der Waals surface area contributed by atoms with Crippen LogP contribution in [0.2, 0.25) is 0 Å². The Labute approximate surface area is 146 Å². The molecule has 1 unspecified atom stereocenters. The zero-order chi connectivity index (χ0) is 18.2. The van der Waals surface area contributed by atoms with Crippen molar-refractivity contribution in [2.45, 2.75) is 31.3 Å². The third-order valence-electron chi connectivity index (χ3n) is 4.26. The van der Waals surface area contributed by atoms with Crippen LogP contribution in [0.4, 0.5) is 0 Å². The lowest BCUT2D eigenvalue weighted by Crippen LogP contribution is -2.31. The van der Waals surface area contributed by atoms with Crippen LogP contribution in [-0.4, -0.2) is 59.0 Å². The van der Waals surface area contributed by atoms with Gasteiger partial charge in [0, 0.05) is 25.7 Å². The molecular formula is C15H21N5O4S. The van der Waals surface area contributed by atoms with Gasteiger partial charge in [0.1, 0.15) is 11.0 Å². The molecule has 3 heterocycles. The van der Waals surface area contributed by atoms with Gasteiger partial charge in [-0.1, -0.05) is 0 Å². The van der Waals surface area contributed by atoms with Gasteiger partial charge in [0.15, 0.2) is 0 Å². The Bertz CT molecular complexity index is 863. The van der Waals surface area contributed by atoms with Gasteiger partial charge in [-0.25, -0.2) is 8.42 Å². The molecular weight excluding hydrogens is 346 g/mol. The number of sulfonamides is 1. The normalized spacial score (nSPS) is 18.5. The number of ether oxygens (including phenoxy) is 2. The molecule has 136 valence electrons. The quantitative estimate of drug-likeness (QED) is 0.766. The standard InChI is InChI=1S/C15H21N5O4S/c1-10-15(11(2)19(3)18-10)25(21,22)20-8-7-12(9-20)24-14-6-5-13(23-4)16-17-14/h5-6,12H,7-9H2,1-4H3. The molecule has 10 heteroatoms. The van der Waals surface area contributed by atoms with Crippen LogP contribution >= 0.6 is 0 Å². The van der Waals surface area contributed by atoms with Crippen molar-refractivity contribution in [2.75, 3.05) is 20.2 Å². The highest BCUT2D eigenvalue weighted by molar-refractivity contribution is 7.89. The van der Waals surface area contributed by atoms with Crippen LogP contribution in [0.5, 0.6) is 11.8 Å². The van der Waals surface area contributed by atoms with Crippen LogP contribution in [0, 0.1) is 13.8 Å². The van der Waals surface area contributed by atoms with Crippen molar-refractivity contribution in [3.63, 3.8) is 0 Å². The van der Waals surface area contributed by atoms with E-state index in [1.165, 1.54) is 11.4 Å². The summed E-state index contributed by atoms with van der Waals surface area (Å²) >= 11 is 0. The van der Waals surface area contributed by atoms with E-state index in [4.69, 9.17) is 9.47 Å². The van der Waals surface area contributed by atoms with E-state index in [0.29, 0.717) is 36.1 Å². The van der Waals surface area contributed by atoms with Gasteiger partial charge in [-0.15, -0.1) is 10.2 Å². The molecule has 0 aliphatic carbocycles. The third-order valence-corrected chi connectivity index (χ3v) is 6.38. The van der Waals surface area contributed by atoms with Crippen molar-refractivity contribution in [1.82, 2.24) is 24.3 Å². The van der Waals surface area contributed by atoms with Crippen molar-refractivity contribution < 1.29 is 17.9 Å². The lowest BCUT2D eigenvalue weighted by atomic mass is 10.3. The molecule has 0 radical (unpaired) electrons. The number of nitrogens with zero attached hydrogens (tertiary/aromatic N) is 5. The molecule has 0 bridgehead atoms. The van der Waals surface area contributed by atoms with Gasteiger partial charge in [0.25, 0.3) is 0 Å². The maximum Gasteiger partial charge on any atom is 0.246 e. The molecule has 1 aliphatic heterocycles. The first kappa shape index (κ1) is 17.6. The predicted octanol–water partition coefficient (Wildman–Crippen LogP) is 0.678. The highest BCUT2D eigenvalue weighted by Crippen LogP contribution is 2.27. The molecule has 1 aliphatic rings. The number of hydrogen-bond acceptors (Lipinski definition) is 7. The van der Waals surface area contributed by atoms with Crippen LogP contribution < -0.4 is 9.47 Å². The zero-order valence-electron chi connectivity index (χ0n) is 14.6. The minimum atomic E-state index is -3.60. The number of hydrogen-bond donors (Lipinski definition) is 0. The summed E-state index contributed by atoms with van der Waals surface area (Å²) in [6, 6.07) is 3.30. The van der Waals surface area contributed by atoms with E-state index >= 15 is 0 Å². The summed E-state index contributed by atoms with van der Waals surface area (Å²) < 4.78 is 39.6. The van der Waals surface area contributed by atoms with Crippen molar-refractivity contribution in [1.29, 1.82) is 0 Å². The molecule has 9 nitrogen and oxygen atoms in total. The smallest absolute Gasteiger partial charge is 0.246 e. The van der Waals surface area contributed by atoms with E-state index in [1.54, 1.807) is 37.7 Å². The van der Waals surface area contributed by atoms with E-state index in [-0.39, 0.29) is 17.5 Å². The van der Waals surface area contributed by atoms with E-state index < -0.39 is 10.0 Å². The Morgan fingerprint density at radius 3 is 2.44 bits per heavy atom. The van der Waals surface area contributed by atoms with Gasteiger partial charge in [-0.2, -0.15) is 9.40 Å². The molecule has 0 N–H and O–H groups in total. The lowest BCUT2D eigenvalue weighted by molar-refractivity contribution is 0.203. The average Bonchev–Trinajstić information content (AvgIpc) is 3.14. The fourth-order valence-corrected chi connectivity index (χ4v) is 4.81. The number of aromatic nitrogens is 4. The van der Waals surface area contributed by atoms with Gasteiger partial charge < -0.3 is 9.47 Å². The first-order valence-electron chi connectivity index (χ1n) is 7.87. The average molecular weight is 367 g/mol. The second kappa shape index (κ2) is 6.60. The third kappa shape index (κ3) is 3.31. The van der Waals surface area contributed by atoms with Crippen molar-refractivity contribution in [3.8, 4) is 11.8 Å². The minimum Gasteiger partial charge on any atom is -0.480 e. The highest BCUT2D eigenvalue weighted by atomic mass is 32.2. The summed E-state index contributed by atoms with van der Waals surface area (Å²) in [5.74, 6) is 0.740. The second-order valence-electron chi connectivity index (χ2n) is 5.93. The van der Waals surface area contributed by atoms with Crippen molar-refractivity contribution in [2.24, 2.45) is 7.05 Å². The molecule has 1 saturated heterocycles. The number of rotatable bonds is 5. The Hall–Kier alpha value is -2.20. The van der Waals surface area contributed by atoms with E-state index in [2.05, 4.69) is 15.3 Å². The van der Waals surface area contributed by atoms with Crippen molar-refractivity contribution in [3.05, 3.63) is 23.5 Å². The second-order valence-corrected chi connectivity index (χ2v) is 7.80. The van der Waals surface area contributed by atoms with Gasteiger partial charge >= 0.3 is 0 Å². The molecule has 0 aromatic carbocycles. The Kier molecular flexibility index (Phi) is 4.65. The summed E-state index contributed by atoms with van der Waals surface area (Å²) in [7, 11) is -0.359. The highest BCUT2D eigenvalue weighted by Gasteiger charge is 2.36.